The van der Waals surface area contributed by atoms with Crippen molar-refractivity contribution in [2.45, 2.75) is 13.5 Å². The van der Waals surface area contributed by atoms with Gasteiger partial charge in [0.2, 0.25) is 0 Å². The van der Waals surface area contributed by atoms with Gasteiger partial charge in [-0.25, -0.2) is 9.59 Å². The van der Waals surface area contributed by atoms with E-state index < -0.39 is 11.7 Å². The third-order valence-corrected chi connectivity index (χ3v) is 3.59. The van der Waals surface area contributed by atoms with E-state index in [-0.39, 0.29) is 0 Å². The Bertz CT molecular complexity index is 676. The summed E-state index contributed by atoms with van der Waals surface area (Å²) < 4.78 is 6.91. The molecule has 2 aromatic rings. The van der Waals surface area contributed by atoms with Crippen LogP contribution in [0.2, 0.25) is 4.34 Å². The van der Waals surface area contributed by atoms with Crippen molar-refractivity contribution >= 4 is 28.9 Å². The summed E-state index contributed by atoms with van der Waals surface area (Å²) in [6.07, 6.45) is 0. The average molecular weight is 318 g/mol. The van der Waals surface area contributed by atoms with Gasteiger partial charge in [-0.05, 0) is 17.0 Å². The molecule has 0 bridgehead atoms. The van der Waals surface area contributed by atoms with Crippen LogP contribution >= 0.6 is 22.9 Å². The molecule has 0 saturated heterocycles. The summed E-state index contributed by atoms with van der Waals surface area (Å²) in [5.41, 5.74) is -0.545. The summed E-state index contributed by atoms with van der Waals surface area (Å²) in [7, 11) is 1.53. The van der Waals surface area contributed by atoms with E-state index in [1.54, 1.807) is 12.1 Å². The maximum absolute atomic E-state index is 12.1. The number of ether oxygens (including phenoxy) is 1. The number of thiophene rings is 1. The van der Waals surface area contributed by atoms with Crippen molar-refractivity contribution in [3.8, 4) is 10.7 Å². The summed E-state index contributed by atoms with van der Waals surface area (Å²) in [5, 5.41) is 4.01. The van der Waals surface area contributed by atoms with E-state index in [1.165, 1.54) is 29.9 Å². The zero-order valence-electron chi connectivity index (χ0n) is 10.8. The minimum atomic E-state index is -0.626. The zero-order chi connectivity index (χ0) is 14.7. The smallest absolute Gasteiger partial charge is 0.381 e. The van der Waals surface area contributed by atoms with Gasteiger partial charge in [0.1, 0.15) is 0 Å². The highest BCUT2D eigenvalue weighted by Gasteiger charge is 2.18. The van der Waals surface area contributed by atoms with Crippen LogP contribution in [-0.4, -0.2) is 34.2 Å². The van der Waals surface area contributed by atoms with Gasteiger partial charge in [-0.15, -0.1) is 16.4 Å². The summed E-state index contributed by atoms with van der Waals surface area (Å²) in [6.45, 7) is 1.82. The van der Waals surface area contributed by atoms with Crippen LogP contribution in [0.5, 0.6) is 0 Å². The fourth-order valence-corrected chi connectivity index (χ4v) is 2.60. The Morgan fingerprint density at radius 1 is 1.50 bits per heavy atom. The number of nitrogens with zero attached hydrogens (tertiary/aromatic N) is 3. The van der Waals surface area contributed by atoms with Gasteiger partial charge >= 0.3 is 11.7 Å². The van der Waals surface area contributed by atoms with E-state index in [2.05, 4.69) is 5.10 Å². The molecule has 7 nitrogen and oxygen atoms in total. The molecule has 0 aliphatic carbocycles. The number of halogens is 1. The van der Waals surface area contributed by atoms with Crippen LogP contribution in [0.15, 0.2) is 16.9 Å². The Kier molecular flexibility index (Phi) is 4.58. The highest BCUT2D eigenvalue weighted by Crippen LogP contribution is 2.29. The average Bonchev–Trinajstić information content (AvgIpc) is 2.93. The molecule has 0 N–H and O–H groups in total. The molecule has 0 unspecified atom stereocenters. The SMILES string of the molecule is COCCn1c(-c2ccc(Cl)s2)nn(OC(C)=O)c1=O. The maximum atomic E-state index is 12.1. The lowest BCUT2D eigenvalue weighted by Gasteiger charge is -2.02. The molecule has 0 aromatic carbocycles. The lowest BCUT2D eigenvalue weighted by atomic mass is 10.4. The lowest BCUT2D eigenvalue weighted by Crippen LogP contribution is -2.32. The molecular weight excluding hydrogens is 306 g/mol. The Hall–Kier alpha value is -1.64. The van der Waals surface area contributed by atoms with E-state index >= 15 is 0 Å². The number of carbonyl (C=O) groups excluding carboxylic acids is 1. The van der Waals surface area contributed by atoms with Crippen LogP contribution in [-0.2, 0) is 16.1 Å². The second kappa shape index (κ2) is 6.21. The van der Waals surface area contributed by atoms with Crippen LogP contribution in [0.1, 0.15) is 6.92 Å². The van der Waals surface area contributed by atoms with E-state index in [9.17, 15) is 9.59 Å². The summed E-state index contributed by atoms with van der Waals surface area (Å²) in [4.78, 5) is 29.2. The van der Waals surface area contributed by atoms with Gasteiger partial charge < -0.3 is 9.57 Å². The Morgan fingerprint density at radius 3 is 2.80 bits per heavy atom. The fraction of sp³-hybridized carbons (Fsp3) is 0.364. The first kappa shape index (κ1) is 14.8. The molecular formula is C11H12ClN3O4S. The van der Waals surface area contributed by atoms with E-state index in [0.717, 1.165) is 0 Å². The van der Waals surface area contributed by atoms with Gasteiger partial charge in [-0.1, -0.05) is 11.6 Å². The number of carbonyl (C=O) groups is 1. The van der Waals surface area contributed by atoms with E-state index in [0.29, 0.717) is 33.0 Å². The summed E-state index contributed by atoms with van der Waals surface area (Å²) in [5.74, 6) is -0.246. The van der Waals surface area contributed by atoms with E-state index in [1.807, 2.05) is 0 Å². The van der Waals surface area contributed by atoms with Crippen molar-refractivity contribution in [3.63, 3.8) is 0 Å². The van der Waals surface area contributed by atoms with Gasteiger partial charge in [0.05, 0.1) is 22.4 Å². The number of methoxy groups -OCH3 is 1. The lowest BCUT2D eigenvalue weighted by molar-refractivity contribution is -0.143. The van der Waals surface area contributed by atoms with Crippen molar-refractivity contribution in [1.82, 2.24) is 14.5 Å². The molecule has 0 atom stereocenters. The van der Waals surface area contributed by atoms with Crippen LogP contribution < -0.4 is 10.5 Å². The second-order valence-corrected chi connectivity index (χ2v) is 5.53. The Balaban J connectivity index is 2.47. The topological polar surface area (TPSA) is 75.3 Å². The first-order chi connectivity index (χ1) is 9.52. The molecule has 0 spiro atoms. The van der Waals surface area contributed by atoms with Crippen molar-refractivity contribution in [2.24, 2.45) is 0 Å². The quantitative estimate of drug-likeness (QED) is 0.824. The van der Waals surface area contributed by atoms with E-state index in [4.69, 9.17) is 21.2 Å². The first-order valence-corrected chi connectivity index (χ1v) is 6.85. The van der Waals surface area contributed by atoms with Crippen LogP contribution in [0.4, 0.5) is 0 Å². The molecule has 0 radical (unpaired) electrons. The number of rotatable bonds is 5. The second-order valence-electron chi connectivity index (χ2n) is 3.81. The predicted molar refractivity (Wildman–Crippen MR) is 73.9 cm³/mol. The first-order valence-electron chi connectivity index (χ1n) is 5.66. The van der Waals surface area contributed by atoms with Crippen molar-refractivity contribution < 1.29 is 14.4 Å². The minimum absolute atomic E-state index is 0.293. The van der Waals surface area contributed by atoms with Crippen molar-refractivity contribution in [1.29, 1.82) is 0 Å². The standard InChI is InChI=1S/C11H12ClN3O4S/c1-7(16)19-15-11(17)14(5-6-18-2)10(13-15)8-3-4-9(12)20-8/h3-4H,5-6H2,1-2H3. The molecule has 2 heterocycles. The predicted octanol–water partition coefficient (Wildman–Crippen LogP) is 1.05. The highest BCUT2D eigenvalue weighted by atomic mass is 35.5. The Morgan fingerprint density at radius 2 is 2.25 bits per heavy atom. The molecule has 0 aliphatic heterocycles. The van der Waals surface area contributed by atoms with Crippen molar-refractivity contribution in [3.05, 3.63) is 27.0 Å². The van der Waals surface area contributed by atoms with Crippen LogP contribution in [0.25, 0.3) is 10.7 Å². The molecule has 108 valence electrons. The molecule has 20 heavy (non-hydrogen) atoms. The van der Waals surface area contributed by atoms with Gasteiger partial charge in [0, 0.05) is 14.0 Å². The molecule has 2 aromatic heterocycles. The normalized spacial score (nSPS) is 10.8. The molecule has 0 saturated carbocycles. The van der Waals surface area contributed by atoms with Gasteiger partial charge in [0.15, 0.2) is 5.82 Å². The molecule has 0 aliphatic rings. The fourth-order valence-electron chi connectivity index (χ4n) is 1.56. The largest absolute Gasteiger partial charge is 0.383 e. The highest BCUT2D eigenvalue weighted by molar-refractivity contribution is 7.19. The number of aromatic nitrogens is 3. The third-order valence-electron chi connectivity index (χ3n) is 2.36. The zero-order valence-corrected chi connectivity index (χ0v) is 12.4. The monoisotopic (exact) mass is 317 g/mol. The Labute approximate surface area is 123 Å². The van der Waals surface area contributed by atoms with Crippen molar-refractivity contribution in [2.75, 3.05) is 13.7 Å². The molecule has 9 heteroatoms. The molecule has 0 amide bonds. The minimum Gasteiger partial charge on any atom is -0.383 e. The molecule has 0 fully saturated rings. The van der Waals surface area contributed by atoms with Gasteiger partial charge in [-0.3, -0.25) is 4.57 Å². The maximum Gasteiger partial charge on any atom is 0.381 e. The van der Waals surface area contributed by atoms with Crippen LogP contribution in [0.3, 0.4) is 0 Å². The van der Waals surface area contributed by atoms with Crippen LogP contribution in [0, 0.1) is 0 Å². The van der Waals surface area contributed by atoms with Gasteiger partial charge in [0.25, 0.3) is 0 Å². The molecule has 2 rings (SSSR count). The third kappa shape index (κ3) is 3.09. The summed E-state index contributed by atoms with van der Waals surface area (Å²) in [6, 6.07) is 3.45. The number of hydrogen-bond acceptors (Lipinski definition) is 6. The summed E-state index contributed by atoms with van der Waals surface area (Å²) >= 11 is 7.16. The van der Waals surface area contributed by atoms with Gasteiger partial charge in [-0.2, -0.15) is 0 Å². The number of hydrogen-bond donors (Lipinski definition) is 0.